The molecule has 1 aromatic heterocycles. The van der Waals surface area contributed by atoms with E-state index < -0.39 is 15.9 Å². The minimum absolute atomic E-state index is 0.0225. The SMILES string of the molecule is Nc1ccc(S(=O)(=O)N(C(=O)c2ccc(Cl)cc2Cl)c2ccccn2)cc1. The number of anilines is 2. The molecule has 9 heteroatoms. The Balaban J connectivity index is 2.17. The van der Waals surface area contributed by atoms with E-state index in [1.165, 1.54) is 54.7 Å². The van der Waals surface area contributed by atoms with Crippen molar-refractivity contribution in [1.29, 1.82) is 0 Å². The fraction of sp³-hybridized carbons (Fsp3) is 0. The quantitative estimate of drug-likeness (QED) is 0.642. The molecule has 0 aliphatic carbocycles. The summed E-state index contributed by atoms with van der Waals surface area (Å²) in [5.41, 5.74) is 6.00. The maximum atomic E-state index is 13.2. The van der Waals surface area contributed by atoms with Crippen molar-refractivity contribution in [3.8, 4) is 0 Å². The smallest absolute Gasteiger partial charge is 0.275 e. The van der Waals surface area contributed by atoms with Gasteiger partial charge in [-0.15, -0.1) is 0 Å². The first-order valence-electron chi connectivity index (χ1n) is 7.62. The van der Waals surface area contributed by atoms with Crippen molar-refractivity contribution in [2.24, 2.45) is 0 Å². The van der Waals surface area contributed by atoms with E-state index in [0.717, 1.165) is 0 Å². The van der Waals surface area contributed by atoms with Crippen LogP contribution in [0.5, 0.6) is 0 Å². The van der Waals surface area contributed by atoms with Crippen molar-refractivity contribution in [1.82, 2.24) is 4.98 Å². The molecule has 0 saturated heterocycles. The van der Waals surface area contributed by atoms with E-state index in [0.29, 0.717) is 15.0 Å². The summed E-state index contributed by atoms with van der Waals surface area (Å²) in [5, 5.41) is 0.350. The molecule has 2 N–H and O–H groups in total. The molecule has 6 nitrogen and oxygen atoms in total. The van der Waals surface area contributed by atoms with Gasteiger partial charge < -0.3 is 5.73 Å². The van der Waals surface area contributed by atoms with Crippen molar-refractivity contribution in [2.45, 2.75) is 4.90 Å². The largest absolute Gasteiger partial charge is 0.399 e. The molecule has 0 unspecified atom stereocenters. The van der Waals surface area contributed by atoms with Gasteiger partial charge in [-0.25, -0.2) is 13.4 Å². The van der Waals surface area contributed by atoms with Crippen LogP contribution in [0.15, 0.2) is 71.8 Å². The highest BCUT2D eigenvalue weighted by Crippen LogP contribution is 2.28. The van der Waals surface area contributed by atoms with Gasteiger partial charge in [0.25, 0.3) is 15.9 Å². The molecule has 0 aliphatic heterocycles. The van der Waals surface area contributed by atoms with Crippen LogP contribution in [0.1, 0.15) is 10.4 Å². The first-order chi connectivity index (χ1) is 12.8. The average molecular weight is 422 g/mol. The highest BCUT2D eigenvalue weighted by Gasteiger charge is 2.33. The summed E-state index contributed by atoms with van der Waals surface area (Å²) in [7, 11) is -4.27. The van der Waals surface area contributed by atoms with Crippen molar-refractivity contribution in [3.63, 3.8) is 0 Å². The first-order valence-corrected chi connectivity index (χ1v) is 9.81. The summed E-state index contributed by atoms with van der Waals surface area (Å²) in [6, 6.07) is 14.3. The Morgan fingerprint density at radius 3 is 2.30 bits per heavy atom. The Morgan fingerprint density at radius 1 is 1.00 bits per heavy atom. The standard InChI is InChI=1S/C18H13Cl2N3O3S/c19-12-4-9-15(16(20)11-12)18(24)23(17-3-1-2-10-22-17)27(25,26)14-7-5-13(21)6-8-14/h1-11H,21H2. The molecule has 0 atom stereocenters. The van der Waals surface area contributed by atoms with Crippen LogP contribution in [0.4, 0.5) is 11.5 Å². The number of benzene rings is 2. The molecule has 138 valence electrons. The van der Waals surface area contributed by atoms with Gasteiger partial charge >= 0.3 is 0 Å². The summed E-state index contributed by atoms with van der Waals surface area (Å²) in [6.45, 7) is 0. The van der Waals surface area contributed by atoms with E-state index in [1.807, 2.05) is 0 Å². The molecular weight excluding hydrogens is 409 g/mol. The third-order valence-corrected chi connectivity index (χ3v) is 5.87. The summed E-state index contributed by atoms with van der Waals surface area (Å²) < 4.78 is 27.0. The van der Waals surface area contributed by atoms with Crippen molar-refractivity contribution in [3.05, 3.63) is 82.5 Å². The zero-order valence-corrected chi connectivity index (χ0v) is 16.0. The van der Waals surface area contributed by atoms with Crippen LogP contribution < -0.4 is 10.0 Å². The van der Waals surface area contributed by atoms with Crippen LogP contribution in [0.3, 0.4) is 0 Å². The lowest BCUT2D eigenvalue weighted by atomic mass is 10.2. The fourth-order valence-corrected chi connectivity index (χ4v) is 4.18. The number of aromatic nitrogens is 1. The van der Waals surface area contributed by atoms with E-state index >= 15 is 0 Å². The average Bonchev–Trinajstić information content (AvgIpc) is 2.63. The minimum Gasteiger partial charge on any atom is -0.399 e. The second kappa shape index (κ2) is 7.56. The molecule has 3 aromatic rings. The Labute approximate surface area is 166 Å². The zero-order valence-electron chi connectivity index (χ0n) is 13.7. The van der Waals surface area contributed by atoms with E-state index in [4.69, 9.17) is 28.9 Å². The number of pyridine rings is 1. The van der Waals surface area contributed by atoms with E-state index in [2.05, 4.69) is 4.98 Å². The van der Waals surface area contributed by atoms with Crippen LogP contribution in [-0.2, 0) is 10.0 Å². The lowest BCUT2D eigenvalue weighted by Gasteiger charge is -2.22. The van der Waals surface area contributed by atoms with Gasteiger partial charge in [0.2, 0.25) is 0 Å². The summed E-state index contributed by atoms with van der Waals surface area (Å²) in [6.07, 6.45) is 1.39. The number of halogens is 2. The van der Waals surface area contributed by atoms with Crippen LogP contribution in [-0.4, -0.2) is 19.3 Å². The van der Waals surface area contributed by atoms with Gasteiger partial charge in [0.15, 0.2) is 5.82 Å². The van der Waals surface area contributed by atoms with Crippen molar-refractivity contribution < 1.29 is 13.2 Å². The topological polar surface area (TPSA) is 93.4 Å². The van der Waals surface area contributed by atoms with Crippen LogP contribution >= 0.6 is 23.2 Å². The monoisotopic (exact) mass is 421 g/mol. The summed E-state index contributed by atoms with van der Waals surface area (Å²) >= 11 is 12.0. The molecule has 3 rings (SSSR count). The zero-order chi connectivity index (χ0) is 19.6. The molecule has 1 amide bonds. The predicted octanol–water partition coefficient (Wildman–Crippen LogP) is 4.01. The number of hydrogen-bond acceptors (Lipinski definition) is 5. The van der Waals surface area contributed by atoms with Crippen LogP contribution in [0.2, 0.25) is 10.0 Å². The second-order valence-corrected chi connectivity index (χ2v) is 8.09. The third-order valence-electron chi connectivity index (χ3n) is 3.62. The van der Waals surface area contributed by atoms with Gasteiger partial charge in [-0.3, -0.25) is 4.79 Å². The number of amides is 1. The Kier molecular flexibility index (Phi) is 5.36. The molecule has 0 spiro atoms. The van der Waals surface area contributed by atoms with Crippen molar-refractivity contribution >= 4 is 50.6 Å². The van der Waals surface area contributed by atoms with Gasteiger partial charge in [0.05, 0.1) is 15.5 Å². The lowest BCUT2D eigenvalue weighted by Crippen LogP contribution is -2.37. The number of sulfonamides is 1. The van der Waals surface area contributed by atoms with Gasteiger partial charge in [-0.1, -0.05) is 29.3 Å². The molecule has 0 fully saturated rings. The molecule has 2 aromatic carbocycles. The lowest BCUT2D eigenvalue weighted by molar-refractivity contribution is 0.100. The number of carbonyl (C=O) groups excluding carboxylic acids is 1. The third kappa shape index (κ3) is 3.90. The molecule has 1 heterocycles. The normalized spacial score (nSPS) is 11.2. The predicted molar refractivity (Wildman–Crippen MR) is 106 cm³/mol. The fourth-order valence-electron chi connectivity index (χ4n) is 2.33. The molecule has 0 radical (unpaired) electrons. The maximum Gasteiger partial charge on any atom is 0.275 e. The number of hydrogen-bond donors (Lipinski definition) is 1. The first kappa shape index (κ1) is 19.2. The molecule has 0 saturated carbocycles. The minimum atomic E-state index is -4.27. The van der Waals surface area contributed by atoms with Gasteiger partial charge in [-0.05, 0) is 54.6 Å². The molecular formula is C18H13Cl2N3O3S. The van der Waals surface area contributed by atoms with E-state index in [-0.39, 0.29) is 21.3 Å². The van der Waals surface area contributed by atoms with E-state index in [1.54, 1.807) is 12.1 Å². The van der Waals surface area contributed by atoms with E-state index in [9.17, 15) is 13.2 Å². The number of rotatable bonds is 4. The number of nitrogens with two attached hydrogens (primary N) is 1. The Bertz CT molecular complexity index is 1090. The summed E-state index contributed by atoms with van der Waals surface area (Å²) in [4.78, 5) is 17.0. The highest BCUT2D eigenvalue weighted by atomic mass is 35.5. The molecule has 0 aliphatic rings. The number of nitrogen functional groups attached to an aromatic ring is 1. The Hall–Kier alpha value is -2.61. The van der Waals surface area contributed by atoms with Gasteiger partial charge in [-0.2, -0.15) is 4.31 Å². The second-order valence-electron chi connectivity index (χ2n) is 5.46. The molecule has 0 bridgehead atoms. The number of carbonyl (C=O) groups is 1. The van der Waals surface area contributed by atoms with Gasteiger partial charge in [0.1, 0.15) is 0 Å². The van der Waals surface area contributed by atoms with Crippen LogP contribution in [0.25, 0.3) is 0 Å². The van der Waals surface area contributed by atoms with Gasteiger partial charge in [0, 0.05) is 16.9 Å². The molecule has 27 heavy (non-hydrogen) atoms. The highest BCUT2D eigenvalue weighted by molar-refractivity contribution is 7.93. The Morgan fingerprint density at radius 2 is 1.70 bits per heavy atom. The summed E-state index contributed by atoms with van der Waals surface area (Å²) in [5.74, 6) is -0.919. The maximum absolute atomic E-state index is 13.2. The number of nitrogens with zero attached hydrogens (tertiary/aromatic N) is 2. The van der Waals surface area contributed by atoms with Crippen molar-refractivity contribution in [2.75, 3.05) is 10.0 Å². The van der Waals surface area contributed by atoms with Crippen LogP contribution in [0, 0.1) is 0 Å².